The van der Waals surface area contributed by atoms with Crippen molar-refractivity contribution in [2.75, 3.05) is 17.7 Å². The molecule has 0 fully saturated rings. The normalized spacial score (nSPS) is 10.2. The first kappa shape index (κ1) is 19.1. The van der Waals surface area contributed by atoms with Crippen LogP contribution in [0.25, 0.3) is 0 Å². The second kappa shape index (κ2) is 9.32. The smallest absolute Gasteiger partial charge is 0.257 e. The van der Waals surface area contributed by atoms with Crippen LogP contribution in [-0.2, 0) is 11.2 Å². The number of pyridine rings is 1. The van der Waals surface area contributed by atoms with Crippen LogP contribution < -0.4 is 15.4 Å². The lowest BCUT2D eigenvalue weighted by Crippen LogP contribution is -2.14. The Hall–Kier alpha value is -3.67. The number of carbonyl (C=O) groups is 2. The quantitative estimate of drug-likeness (QED) is 0.656. The van der Waals surface area contributed by atoms with Crippen molar-refractivity contribution in [2.45, 2.75) is 12.8 Å². The highest BCUT2D eigenvalue weighted by atomic mass is 16.5. The molecule has 0 aliphatic carbocycles. The van der Waals surface area contributed by atoms with E-state index < -0.39 is 0 Å². The number of aromatic nitrogens is 1. The van der Waals surface area contributed by atoms with Gasteiger partial charge in [0.15, 0.2) is 0 Å². The van der Waals surface area contributed by atoms with Crippen LogP contribution in [-0.4, -0.2) is 23.9 Å². The molecule has 1 heterocycles. The second-order valence-corrected chi connectivity index (χ2v) is 6.14. The molecule has 6 nitrogen and oxygen atoms in total. The number of nitrogens with zero attached hydrogens (tertiary/aromatic N) is 1. The molecule has 3 aromatic rings. The minimum Gasteiger partial charge on any atom is -0.496 e. The highest BCUT2D eigenvalue weighted by Crippen LogP contribution is 2.20. The Bertz CT molecular complexity index is 958. The number of aryl methyl sites for hydroxylation is 1. The maximum absolute atomic E-state index is 12.3. The first-order valence-corrected chi connectivity index (χ1v) is 8.89. The van der Waals surface area contributed by atoms with Gasteiger partial charge in [-0.2, -0.15) is 0 Å². The third kappa shape index (κ3) is 5.17. The fourth-order valence-electron chi connectivity index (χ4n) is 2.76. The number of benzene rings is 2. The Morgan fingerprint density at radius 1 is 0.964 bits per heavy atom. The van der Waals surface area contributed by atoms with Gasteiger partial charge in [0.1, 0.15) is 5.75 Å². The molecule has 0 radical (unpaired) electrons. The zero-order chi connectivity index (χ0) is 19.8. The highest BCUT2D eigenvalue weighted by Gasteiger charge is 2.09. The standard InChI is InChI=1S/C22H21N3O3/c1-28-20-10-3-2-6-16(20)11-12-21(26)24-18-8-4-9-19(14-18)25-22(27)17-7-5-13-23-15-17/h2-10,13-15H,11-12H2,1H3,(H,24,26)(H,25,27). The van der Waals surface area contributed by atoms with Crippen molar-refractivity contribution in [1.82, 2.24) is 4.98 Å². The molecule has 3 rings (SSSR count). The van der Waals surface area contributed by atoms with Crippen LogP contribution in [0.15, 0.2) is 73.1 Å². The summed E-state index contributed by atoms with van der Waals surface area (Å²) < 4.78 is 5.31. The summed E-state index contributed by atoms with van der Waals surface area (Å²) in [5.74, 6) is 0.407. The second-order valence-electron chi connectivity index (χ2n) is 6.14. The van der Waals surface area contributed by atoms with E-state index in [1.54, 1.807) is 49.7 Å². The van der Waals surface area contributed by atoms with Gasteiger partial charge in [0, 0.05) is 30.2 Å². The molecule has 0 aliphatic rings. The third-order valence-electron chi connectivity index (χ3n) is 4.14. The summed E-state index contributed by atoms with van der Waals surface area (Å²) in [4.78, 5) is 28.4. The Morgan fingerprint density at radius 2 is 1.75 bits per heavy atom. The number of carbonyl (C=O) groups excluding carboxylic acids is 2. The molecule has 2 aromatic carbocycles. The Morgan fingerprint density at radius 3 is 2.50 bits per heavy atom. The van der Waals surface area contributed by atoms with E-state index in [1.165, 1.54) is 6.20 Å². The average molecular weight is 375 g/mol. The molecular weight excluding hydrogens is 354 g/mol. The highest BCUT2D eigenvalue weighted by molar-refractivity contribution is 6.04. The molecule has 0 atom stereocenters. The molecule has 1 aromatic heterocycles. The molecule has 2 N–H and O–H groups in total. The largest absolute Gasteiger partial charge is 0.496 e. The summed E-state index contributed by atoms with van der Waals surface area (Å²) in [5.41, 5.74) is 2.66. The maximum Gasteiger partial charge on any atom is 0.257 e. The predicted octanol–water partition coefficient (Wildman–Crippen LogP) is 3.91. The molecule has 28 heavy (non-hydrogen) atoms. The van der Waals surface area contributed by atoms with Crippen molar-refractivity contribution in [3.8, 4) is 5.75 Å². The minimum atomic E-state index is -0.257. The molecule has 142 valence electrons. The molecular formula is C22H21N3O3. The molecule has 2 amide bonds. The number of amides is 2. The molecule has 0 aliphatic heterocycles. The van der Waals surface area contributed by atoms with Crippen LogP contribution in [0.3, 0.4) is 0 Å². The number of hydrogen-bond donors (Lipinski definition) is 2. The van der Waals surface area contributed by atoms with E-state index in [9.17, 15) is 9.59 Å². The van der Waals surface area contributed by atoms with Gasteiger partial charge in [-0.25, -0.2) is 0 Å². The lowest BCUT2D eigenvalue weighted by atomic mass is 10.1. The predicted molar refractivity (Wildman–Crippen MR) is 109 cm³/mol. The summed E-state index contributed by atoms with van der Waals surface area (Å²) in [7, 11) is 1.62. The minimum absolute atomic E-state index is 0.110. The van der Waals surface area contributed by atoms with Crippen molar-refractivity contribution >= 4 is 23.2 Å². The number of methoxy groups -OCH3 is 1. The summed E-state index contributed by atoms with van der Waals surface area (Å²) in [5, 5.41) is 5.66. The Balaban J connectivity index is 1.58. The fourth-order valence-corrected chi connectivity index (χ4v) is 2.76. The molecule has 0 bridgehead atoms. The van der Waals surface area contributed by atoms with Crippen LogP contribution in [0.5, 0.6) is 5.75 Å². The van der Waals surface area contributed by atoms with Crippen molar-refractivity contribution < 1.29 is 14.3 Å². The van der Waals surface area contributed by atoms with Crippen LogP contribution in [0, 0.1) is 0 Å². The van der Waals surface area contributed by atoms with Gasteiger partial charge in [0.2, 0.25) is 5.91 Å². The lowest BCUT2D eigenvalue weighted by molar-refractivity contribution is -0.116. The number of ether oxygens (including phenoxy) is 1. The zero-order valence-electron chi connectivity index (χ0n) is 15.5. The van der Waals surface area contributed by atoms with Crippen molar-refractivity contribution in [3.05, 3.63) is 84.2 Å². The topological polar surface area (TPSA) is 80.3 Å². The van der Waals surface area contributed by atoms with Crippen molar-refractivity contribution in [2.24, 2.45) is 0 Å². The molecule has 6 heteroatoms. The first-order valence-electron chi connectivity index (χ1n) is 8.89. The molecule has 0 spiro atoms. The number of hydrogen-bond acceptors (Lipinski definition) is 4. The SMILES string of the molecule is COc1ccccc1CCC(=O)Nc1cccc(NC(=O)c2cccnc2)c1. The van der Waals surface area contributed by atoms with Gasteiger partial charge >= 0.3 is 0 Å². The van der Waals surface area contributed by atoms with Gasteiger partial charge in [0.05, 0.1) is 12.7 Å². The molecule has 0 unspecified atom stereocenters. The zero-order valence-corrected chi connectivity index (χ0v) is 15.5. The summed E-state index contributed by atoms with van der Waals surface area (Å²) in [6.45, 7) is 0. The van der Waals surface area contributed by atoms with E-state index in [2.05, 4.69) is 15.6 Å². The van der Waals surface area contributed by atoms with Gasteiger partial charge < -0.3 is 15.4 Å². The van der Waals surface area contributed by atoms with Gasteiger partial charge in [0.25, 0.3) is 5.91 Å². The van der Waals surface area contributed by atoms with Gasteiger partial charge in [-0.3, -0.25) is 14.6 Å². The van der Waals surface area contributed by atoms with Crippen molar-refractivity contribution in [3.63, 3.8) is 0 Å². The van der Waals surface area contributed by atoms with Crippen LogP contribution >= 0.6 is 0 Å². The number of anilines is 2. The van der Waals surface area contributed by atoms with Gasteiger partial charge in [-0.1, -0.05) is 24.3 Å². The van der Waals surface area contributed by atoms with Gasteiger partial charge in [-0.15, -0.1) is 0 Å². The van der Waals surface area contributed by atoms with Crippen molar-refractivity contribution in [1.29, 1.82) is 0 Å². The number of rotatable bonds is 7. The monoisotopic (exact) mass is 375 g/mol. The number of para-hydroxylation sites is 1. The number of nitrogens with one attached hydrogen (secondary N) is 2. The average Bonchev–Trinajstić information content (AvgIpc) is 2.73. The summed E-state index contributed by atoms with van der Waals surface area (Å²) in [6, 6.07) is 18.1. The Labute approximate surface area is 163 Å². The third-order valence-corrected chi connectivity index (χ3v) is 4.14. The van der Waals surface area contributed by atoms with E-state index in [4.69, 9.17) is 4.74 Å². The Kier molecular flexibility index (Phi) is 6.36. The molecule has 0 saturated heterocycles. The molecule has 0 saturated carbocycles. The first-order chi connectivity index (χ1) is 13.7. The van der Waals surface area contributed by atoms with Crippen LogP contribution in [0.4, 0.5) is 11.4 Å². The van der Waals surface area contributed by atoms with E-state index in [0.717, 1.165) is 11.3 Å². The maximum atomic E-state index is 12.3. The summed E-state index contributed by atoms with van der Waals surface area (Å²) >= 11 is 0. The van der Waals surface area contributed by atoms with Crippen LogP contribution in [0.1, 0.15) is 22.3 Å². The van der Waals surface area contributed by atoms with E-state index >= 15 is 0 Å². The summed E-state index contributed by atoms with van der Waals surface area (Å²) in [6.07, 6.45) is 4.01. The van der Waals surface area contributed by atoms with Crippen LogP contribution in [0.2, 0.25) is 0 Å². The van der Waals surface area contributed by atoms with E-state index in [-0.39, 0.29) is 11.8 Å². The van der Waals surface area contributed by atoms with E-state index in [1.807, 2.05) is 24.3 Å². The lowest BCUT2D eigenvalue weighted by Gasteiger charge is -2.10. The van der Waals surface area contributed by atoms with E-state index in [0.29, 0.717) is 29.8 Å². The fraction of sp³-hybridized carbons (Fsp3) is 0.136. The van der Waals surface area contributed by atoms with Gasteiger partial charge in [-0.05, 0) is 48.4 Å².